The molecule has 0 aromatic heterocycles. The third-order valence-electron chi connectivity index (χ3n) is 6.08. The highest BCUT2D eigenvalue weighted by Crippen LogP contribution is 2.43. The first-order valence-electron chi connectivity index (χ1n) is 10.0. The summed E-state index contributed by atoms with van der Waals surface area (Å²) in [6.07, 6.45) is 2.76. The average molecular weight is 388 g/mol. The van der Waals surface area contributed by atoms with Gasteiger partial charge in [-0.2, -0.15) is 5.26 Å². The van der Waals surface area contributed by atoms with Crippen molar-refractivity contribution in [3.05, 3.63) is 64.2 Å². The predicted molar refractivity (Wildman–Crippen MR) is 120 cm³/mol. The standard InChI is InChI=1S/C25H29N3O/c1-16-9-7-8-10-22(16)27-24(29)20(15-26)12-19-13-21-18(3)14-25(4,5)28(6)23(21)11-17(19)2/h7-13,18H,14H2,1-6H3,(H,27,29)/b20-12-/t18-/m1/s1. The maximum Gasteiger partial charge on any atom is 0.266 e. The van der Waals surface area contributed by atoms with Gasteiger partial charge in [0, 0.05) is 24.0 Å². The number of benzene rings is 2. The van der Waals surface area contributed by atoms with Crippen molar-refractivity contribution < 1.29 is 4.79 Å². The molecule has 0 aliphatic carbocycles. The minimum Gasteiger partial charge on any atom is -0.369 e. The molecule has 3 rings (SSSR count). The van der Waals surface area contributed by atoms with E-state index in [0.717, 1.165) is 28.8 Å². The number of amides is 1. The highest BCUT2D eigenvalue weighted by Gasteiger charge is 2.34. The molecule has 2 aromatic carbocycles. The van der Waals surface area contributed by atoms with Crippen LogP contribution in [0.2, 0.25) is 0 Å². The topological polar surface area (TPSA) is 56.1 Å². The fourth-order valence-electron chi connectivity index (χ4n) is 4.10. The molecule has 1 aliphatic heterocycles. The van der Waals surface area contributed by atoms with Crippen LogP contribution >= 0.6 is 0 Å². The Morgan fingerprint density at radius 2 is 1.93 bits per heavy atom. The van der Waals surface area contributed by atoms with Gasteiger partial charge in [-0.15, -0.1) is 0 Å². The highest BCUT2D eigenvalue weighted by atomic mass is 16.1. The van der Waals surface area contributed by atoms with Gasteiger partial charge in [0.05, 0.1) is 0 Å². The molecular formula is C25H29N3O. The number of nitriles is 1. The summed E-state index contributed by atoms with van der Waals surface area (Å²) in [5, 5.41) is 12.5. The molecule has 0 unspecified atom stereocenters. The number of carbonyl (C=O) groups is 1. The van der Waals surface area contributed by atoms with Crippen molar-refractivity contribution in [1.82, 2.24) is 0 Å². The Hall–Kier alpha value is -3.06. The number of nitrogens with one attached hydrogen (secondary N) is 1. The largest absolute Gasteiger partial charge is 0.369 e. The quantitative estimate of drug-likeness (QED) is 0.553. The van der Waals surface area contributed by atoms with Gasteiger partial charge in [-0.25, -0.2) is 0 Å². The number of hydrogen-bond donors (Lipinski definition) is 1. The maximum atomic E-state index is 12.7. The molecule has 1 heterocycles. The van der Waals surface area contributed by atoms with Gasteiger partial charge in [0.15, 0.2) is 0 Å². The first kappa shape index (κ1) is 20.7. The van der Waals surface area contributed by atoms with E-state index in [0.29, 0.717) is 5.92 Å². The van der Waals surface area contributed by atoms with E-state index >= 15 is 0 Å². The summed E-state index contributed by atoms with van der Waals surface area (Å²) in [4.78, 5) is 15.0. The first-order chi connectivity index (χ1) is 13.6. The van der Waals surface area contributed by atoms with Crippen LogP contribution in [0.1, 0.15) is 55.4 Å². The minimum absolute atomic E-state index is 0.0987. The molecule has 4 heteroatoms. The Bertz CT molecular complexity index is 1030. The minimum atomic E-state index is -0.384. The zero-order chi connectivity index (χ0) is 21.3. The molecule has 1 amide bonds. The fraction of sp³-hybridized carbons (Fsp3) is 0.360. The Labute approximate surface area is 173 Å². The van der Waals surface area contributed by atoms with Crippen LogP contribution in [0.5, 0.6) is 0 Å². The molecule has 0 fully saturated rings. The van der Waals surface area contributed by atoms with Crippen molar-refractivity contribution in [3.63, 3.8) is 0 Å². The number of anilines is 2. The van der Waals surface area contributed by atoms with E-state index < -0.39 is 0 Å². The Balaban J connectivity index is 1.97. The lowest BCUT2D eigenvalue weighted by molar-refractivity contribution is -0.112. The summed E-state index contributed by atoms with van der Waals surface area (Å²) < 4.78 is 0. The van der Waals surface area contributed by atoms with Crippen molar-refractivity contribution in [3.8, 4) is 6.07 Å². The van der Waals surface area contributed by atoms with Gasteiger partial charge in [-0.1, -0.05) is 25.1 Å². The highest BCUT2D eigenvalue weighted by molar-refractivity contribution is 6.10. The third kappa shape index (κ3) is 4.05. The normalized spacial score (nSPS) is 18.0. The molecule has 2 aromatic rings. The van der Waals surface area contributed by atoms with E-state index in [9.17, 15) is 10.1 Å². The van der Waals surface area contributed by atoms with Crippen LogP contribution in [-0.4, -0.2) is 18.5 Å². The molecule has 0 radical (unpaired) electrons. The van der Waals surface area contributed by atoms with Gasteiger partial charge >= 0.3 is 0 Å². The van der Waals surface area contributed by atoms with Crippen LogP contribution in [0, 0.1) is 25.2 Å². The molecular weight excluding hydrogens is 358 g/mol. The van der Waals surface area contributed by atoms with Crippen molar-refractivity contribution in [2.45, 2.75) is 52.5 Å². The molecule has 4 nitrogen and oxygen atoms in total. The number of hydrogen-bond acceptors (Lipinski definition) is 3. The molecule has 0 saturated heterocycles. The van der Waals surface area contributed by atoms with Gasteiger partial charge in [-0.3, -0.25) is 4.79 Å². The van der Waals surface area contributed by atoms with Gasteiger partial charge in [0.25, 0.3) is 5.91 Å². The number of rotatable bonds is 3. The lowest BCUT2D eigenvalue weighted by Crippen LogP contribution is -2.45. The number of fused-ring (bicyclic) bond motifs is 1. The van der Waals surface area contributed by atoms with E-state index in [1.165, 1.54) is 11.3 Å². The van der Waals surface area contributed by atoms with Gasteiger partial charge in [0.1, 0.15) is 11.6 Å². The summed E-state index contributed by atoms with van der Waals surface area (Å²) in [6, 6.07) is 13.9. The Kier molecular flexibility index (Phi) is 5.53. The van der Waals surface area contributed by atoms with Crippen molar-refractivity contribution >= 4 is 23.4 Å². The summed E-state index contributed by atoms with van der Waals surface area (Å²) in [6.45, 7) is 10.7. The number of aryl methyl sites for hydroxylation is 2. The van der Waals surface area contributed by atoms with E-state index in [1.54, 1.807) is 6.08 Å². The zero-order valence-electron chi connectivity index (χ0n) is 18.1. The number of para-hydroxylation sites is 1. The summed E-state index contributed by atoms with van der Waals surface area (Å²) in [5.41, 5.74) is 6.35. The zero-order valence-corrected chi connectivity index (χ0v) is 18.1. The van der Waals surface area contributed by atoms with Crippen LogP contribution < -0.4 is 10.2 Å². The van der Waals surface area contributed by atoms with Gasteiger partial charge in [-0.05, 0) is 86.6 Å². The lowest BCUT2D eigenvalue weighted by Gasteiger charge is -2.45. The van der Waals surface area contributed by atoms with Crippen LogP contribution in [-0.2, 0) is 4.79 Å². The monoisotopic (exact) mass is 387 g/mol. The van der Waals surface area contributed by atoms with E-state index in [1.807, 2.05) is 38.1 Å². The summed E-state index contributed by atoms with van der Waals surface area (Å²) in [7, 11) is 2.13. The molecule has 29 heavy (non-hydrogen) atoms. The summed E-state index contributed by atoms with van der Waals surface area (Å²) in [5.74, 6) is 0.0282. The van der Waals surface area contributed by atoms with Crippen LogP contribution in [0.25, 0.3) is 6.08 Å². The second kappa shape index (κ2) is 7.75. The number of nitrogens with zero attached hydrogens (tertiary/aromatic N) is 2. The van der Waals surface area contributed by atoms with Crippen LogP contribution in [0.4, 0.5) is 11.4 Å². The van der Waals surface area contributed by atoms with Gasteiger partial charge in [0.2, 0.25) is 0 Å². The first-order valence-corrected chi connectivity index (χ1v) is 10.0. The predicted octanol–water partition coefficient (Wildman–Crippen LogP) is 5.57. The van der Waals surface area contributed by atoms with Crippen molar-refractivity contribution in [2.24, 2.45) is 0 Å². The Morgan fingerprint density at radius 1 is 1.24 bits per heavy atom. The smallest absolute Gasteiger partial charge is 0.266 e. The van der Waals surface area contributed by atoms with E-state index in [-0.39, 0.29) is 17.0 Å². The molecule has 1 atom stereocenters. The van der Waals surface area contributed by atoms with Gasteiger partial charge < -0.3 is 10.2 Å². The second-order valence-corrected chi connectivity index (χ2v) is 8.68. The van der Waals surface area contributed by atoms with E-state index in [4.69, 9.17) is 0 Å². The molecule has 1 N–H and O–H groups in total. The lowest BCUT2D eigenvalue weighted by atomic mass is 9.79. The maximum absolute atomic E-state index is 12.7. The third-order valence-corrected chi connectivity index (χ3v) is 6.08. The average Bonchev–Trinajstić information content (AvgIpc) is 2.66. The van der Waals surface area contributed by atoms with Crippen molar-refractivity contribution in [2.75, 3.05) is 17.3 Å². The molecule has 150 valence electrons. The molecule has 0 saturated carbocycles. The fourth-order valence-corrected chi connectivity index (χ4v) is 4.10. The summed E-state index contributed by atoms with van der Waals surface area (Å²) >= 11 is 0. The molecule has 0 spiro atoms. The van der Waals surface area contributed by atoms with E-state index in [2.05, 4.69) is 56.2 Å². The Morgan fingerprint density at radius 3 is 2.59 bits per heavy atom. The second-order valence-electron chi connectivity index (χ2n) is 8.68. The SMILES string of the molecule is Cc1cc2c(cc1/C=C(/C#N)C(=O)Nc1ccccc1C)[C@H](C)CC(C)(C)N2C. The van der Waals surface area contributed by atoms with Crippen LogP contribution in [0.15, 0.2) is 42.0 Å². The molecule has 0 bridgehead atoms. The van der Waals surface area contributed by atoms with Crippen LogP contribution in [0.3, 0.4) is 0 Å². The molecule has 1 aliphatic rings. The van der Waals surface area contributed by atoms with Crippen molar-refractivity contribution in [1.29, 1.82) is 5.26 Å². The number of carbonyl (C=O) groups excluding carboxylic acids is 1.